The predicted octanol–water partition coefficient (Wildman–Crippen LogP) is 11.7. The standard InChI is InChI=1S/C29H34F20O2/c1-2-3-4-5-15-6-8-16(9-7-15)17-10-12-18(13-11-17)19(50)51-14-21(32,33)23(36,37)25(40,41)27(44,45)29(48,49)28(46,47)26(42,43)24(38,39)22(34,35)20(30)31/h15-18,20H,2-14H2,1H3/t15-,16-,17-,18-. The smallest absolute Gasteiger partial charge is 0.385 e. The highest BCUT2D eigenvalue weighted by atomic mass is 19.4. The highest BCUT2D eigenvalue weighted by molar-refractivity contribution is 5.72. The topological polar surface area (TPSA) is 26.3 Å². The lowest BCUT2D eigenvalue weighted by Crippen LogP contribution is -2.76. The van der Waals surface area contributed by atoms with Crippen LogP contribution in [0.4, 0.5) is 87.8 Å². The Morgan fingerprint density at radius 3 is 1.31 bits per heavy atom. The van der Waals surface area contributed by atoms with Gasteiger partial charge in [-0.25, -0.2) is 8.78 Å². The Morgan fingerprint density at radius 2 is 0.922 bits per heavy atom. The highest BCUT2D eigenvalue weighted by Crippen LogP contribution is 2.65. The molecule has 2 nitrogen and oxygen atoms in total. The number of esters is 1. The quantitative estimate of drug-likeness (QED) is 0.0833. The molecule has 0 unspecified atom stereocenters. The van der Waals surface area contributed by atoms with Crippen molar-refractivity contribution in [1.29, 1.82) is 0 Å². The van der Waals surface area contributed by atoms with Gasteiger partial charge in [-0.3, -0.25) is 4.79 Å². The molecular weight excluding hydrogens is 760 g/mol. The maximum absolute atomic E-state index is 14.2. The van der Waals surface area contributed by atoms with Gasteiger partial charge in [0.05, 0.1) is 5.92 Å². The summed E-state index contributed by atoms with van der Waals surface area (Å²) >= 11 is 0. The van der Waals surface area contributed by atoms with Crippen LogP contribution in [0, 0.1) is 23.7 Å². The molecule has 2 fully saturated rings. The summed E-state index contributed by atoms with van der Waals surface area (Å²) < 4.78 is 276. The van der Waals surface area contributed by atoms with Gasteiger partial charge in [0.15, 0.2) is 6.61 Å². The van der Waals surface area contributed by atoms with Crippen LogP contribution in [0.25, 0.3) is 0 Å². The molecule has 2 aliphatic rings. The third kappa shape index (κ3) is 7.71. The minimum atomic E-state index is -9.07. The van der Waals surface area contributed by atoms with Crippen LogP contribution < -0.4 is 0 Å². The van der Waals surface area contributed by atoms with E-state index in [0.29, 0.717) is 18.8 Å². The summed E-state index contributed by atoms with van der Waals surface area (Å²) in [4.78, 5) is 12.3. The lowest BCUT2D eigenvalue weighted by Gasteiger charge is -2.44. The SMILES string of the molecule is CCCCC[C@H]1CC[C@H]([C@H]2CC[C@H](C(=O)OCC(F)(F)C(F)(F)C(F)(F)C(F)(F)C(F)(F)C(F)(F)C(F)(F)C(F)(F)C(F)(F)C(F)F)CC2)CC1. The van der Waals surface area contributed by atoms with Crippen LogP contribution in [-0.2, 0) is 9.53 Å². The molecule has 0 N–H and O–H groups in total. The molecule has 22 heteroatoms. The van der Waals surface area contributed by atoms with Gasteiger partial charge >= 0.3 is 65.7 Å². The molecule has 51 heavy (non-hydrogen) atoms. The summed E-state index contributed by atoms with van der Waals surface area (Å²) in [5.41, 5.74) is 0. The number of unbranched alkanes of at least 4 members (excludes halogenated alkanes) is 2. The number of alkyl halides is 20. The predicted molar refractivity (Wildman–Crippen MR) is 137 cm³/mol. The van der Waals surface area contributed by atoms with Crippen LogP contribution in [0.15, 0.2) is 0 Å². The van der Waals surface area contributed by atoms with Gasteiger partial charge in [-0.1, -0.05) is 45.4 Å². The first-order chi connectivity index (χ1) is 22.8. The molecule has 0 amide bonds. The third-order valence-electron chi connectivity index (χ3n) is 9.79. The van der Waals surface area contributed by atoms with Crippen LogP contribution in [-0.4, -0.2) is 72.3 Å². The molecule has 0 atom stereocenters. The molecule has 0 aromatic heterocycles. The molecule has 0 heterocycles. The average Bonchev–Trinajstić information content (AvgIpc) is 3.03. The van der Waals surface area contributed by atoms with Crippen LogP contribution >= 0.6 is 0 Å². The Bertz CT molecular complexity index is 1150. The van der Waals surface area contributed by atoms with E-state index in [9.17, 15) is 92.6 Å². The zero-order chi connectivity index (χ0) is 39.9. The molecule has 2 saturated carbocycles. The number of halogens is 20. The summed E-state index contributed by atoms with van der Waals surface area (Å²) in [6.45, 7) is -1.24. The molecule has 0 aromatic rings. The van der Waals surface area contributed by atoms with E-state index >= 15 is 0 Å². The van der Waals surface area contributed by atoms with Crippen molar-refractivity contribution in [3.8, 4) is 0 Å². The first-order valence-corrected chi connectivity index (χ1v) is 15.7. The average molecular weight is 795 g/mol. The van der Waals surface area contributed by atoms with Crippen LogP contribution in [0.5, 0.6) is 0 Å². The van der Waals surface area contributed by atoms with Gasteiger partial charge in [0, 0.05) is 0 Å². The van der Waals surface area contributed by atoms with Gasteiger partial charge in [-0.05, 0) is 56.3 Å². The fourth-order valence-corrected chi connectivity index (χ4v) is 6.39. The first-order valence-electron chi connectivity index (χ1n) is 15.7. The van der Waals surface area contributed by atoms with Gasteiger partial charge in [0.2, 0.25) is 0 Å². The molecule has 0 bridgehead atoms. The van der Waals surface area contributed by atoms with E-state index in [0.717, 1.165) is 51.4 Å². The van der Waals surface area contributed by atoms with Crippen molar-refractivity contribution >= 4 is 5.97 Å². The van der Waals surface area contributed by atoms with Gasteiger partial charge in [0.25, 0.3) is 0 Å². The van der Waals surface area contributed by atoms with Gasteiger partial charge in [-0.2, -0.15) is 79.0 Å². The molecular formula is C29H34F20O2. The summed E-state index contributed by atoms with van der Waals surface area (Å²) in [5.74, 6) is -78.0. The lowest BCUT2D eigenvalue weighted by molar-refractivity contribution is -0.465. The number of hydrogen-bond acceptors (Lipinski definition) is 2. The van der Waals surface area contributed by atoms with Gasteiger partial charge < -0.3 is 4.74 Å². The van der Waals surface area contributed by atoms with E-state index in [4.69, 9.17) is 0 Å². The molecule has 0 radical (unpaired) electrons. The van der Waals surface area contributed by atoms with Crippen molar-refractivity contribution in [2.24, 2.45) is 23.7 Å². The Balaban J connectivity index is 2.16. The van der Waals surface area contributed by atoms with Gasteiger partial charge in [-0.15, -0.1) is 0 Å². The molecule has 2 rings (SSSR count). The Hall–Kier alpha value is -1.93. The maximum Gasteiger partial charge on any atom is 0.385 e. The van der Waals surface area contributed by atoms with Crippen molar-refractivity contribution < 1.29 is 97.3 Å². The lowest BCUT2D eigenvalue weighted by atomic mass is 9.68. The fourth-order valence-electron chi connectivity index (χ4n) is 6.39. The van der Waals surface area contributed by atoms with Crippen molar-refractivity contribution in [2.75, 3.05) is 6.61 Å². The molecule has 0 saturated heterocycles. The summed E-state index contributed by atoms with van der Waals surface area (Å²) in [5, 5.41) is 0. The van der Waals surface area contributed by atoms with E-state index in [-0.39, 0.29) is 24.7 Å². The maximum atomic E-state index is 14.2. The van der Waals surface area contributed by atoms with Crippen molar-refractivity contribution in [3.05, 3.63) is 0 Å². The zero-order valence-corrected chi connectivity index (χ0v) is 26.5. The van der Waals surface area contributed by atoms with E-state index in [1.165, 1.54) is 0 Å². The summed E-state index contributed by atoms with van der Waals surface area (Å²) in [6, 6.07) is 0. The number of rotatable bonds is 17. The number of ether oxygens (including phenoxy) is 1. The minimum Gasteiger partial charge on any atom is -0.459 e. The number of carbonyl (C=O) groups is 1. The second-order valence-electron chi connectivity index (χ2n) is 13.1. The fraction of sp³-hybridized carbons (Fsp3) is 0.966. The van der Waals surface area contributed by atoms with Crippen molar-refractivity contribution in [3.63, 3.8) is 0 Å². The van der Waals surface area contributed by atoms with Crippen molar-refractivity contribution in [1.82, 2.24) is 0 Å². The van der Waals surface area contributed by atoms with E-state index in [1.54, 1.807) is 0 Å². The monoisotopic (exact) mass is 794 g/mol. The Morgan fingerprint density at radius 1 is 0.549 bits per heavy atom. The number of carbonyl (C=O) groups excluding carboxylic acids is 1. The van der Waals surface area contributed by atoms with E-state index in [1.807, 2.05) is 0 Å². The van der Waals surface area contributed by atoms with Gasteiger partial charge in [0.1, 0.15) is 0 Å². The third-order valence-corrected chi connectivity index (χ3v) is 9.79. The molecule has 2 aliphatic carbocycles. The molecule has 0 spiro atoms. The van der Waals surface area contributed by atoms with Crippen molar-refractivity contribution in [2.45, 2.75) is 144 Å². The van der Waals surface area contributed by atoms with Crippen LogP contribution in [0.1, 0.15) is 84.0 Å². The van der Waals surface area contributed by atoms with Crippen LogP contribution in [0.3, 0.4) is 0 Å². The minimum absolute atomic E-state index is 0.0612. The second-order valence-corrected chi connectivity index (χ2v) is 13.1. The summed E-state index contributed by atoms with van der Waals surface area (Å²) in [6.07, 6.45) is 2.25. The van der Waals surface area contributed by atoms with E-state index < -0.39 is 78.2 Å². The molecule has 0 aromatic carbocycles. The zero-order valence-electron chi connectivity index (χ0n) is 26.5. The normalized spacial score (nSPS) is 24.2. The summed E-state index contributed by atoms with van der Waals surface area (Å²) in [7, 11) is 0. The van der Waals surface area contributed by atoms with Crippen LogP contribution in [0.2, 0.25) is 0 Å². The second kappa shape index (κ2) is 15.1. The first kappa shape index (κ1) is 45.2. The van der Waals surface area contributed by atoms with E-state index in [2.05, 4.69) is 11.7 Å². The Kier molecular flexibility index (Phi) is 13.4. The largest absolute Gasteiger partial charge is 0.459 e. The number of hydrogen-bond donors (Lipinski definition) is 0. The molecule has 302 valence electrons. The Labute approximate surface area is 278 Å². The highest BCUT2D eigenvalue weighted by Gasteiger charge is 2.96. The molecule has 0 aliphatic heterocycles.